The molecule has 132 valence electrons. The predicted molar refractivity (Wildman–Crippen MR) is 88.0 cm³/mol. The molecule has 0 aromatic carbocycles. The average molecular weight is 348 g/mol. The summed E-state index contributed by atoms with van der Waals surface area (Å²) in [5.74, 6) is 0.399. The zero-order chi connectivity index (χ0) is 18.4. The number of rotatable bonds is 5. The molecule has 0 aromatic heterocycles. The van der Waals surface area contributed by atoms with Crippen LogP contribution in [0.4, 0.5) is 0 Å². The van der Waals surface area contributed by atoms with E-state index >= 15 is 0 Å². The van der Waals surface area contributed by atoms with Crippen molar-refractivity contribution in [2.75, 3.05) is 5.75 Å². The Kier molecular flexibility index (Phi) is 7.55. The summed E-state index contributed by atoms with van der Waals surface area (Å²) in [6.45, 7) is 11.7. The molecular weight excluding hydrogens is 324 g/mol. The Balaban J connectivity index is 6.13. The number of hydrogen-bond donors (Lipinski definition) is 0. The Morgan fingerprint density at radius 1 is 1.00 bits per heavy atom. The molecule has 0 spiro atoms. The average Bonchev–Trinajstić information content (AvgIpc) is 2.22. The fourth-order valence-corrected chi connectivity index (χ4v) is 2.11. The van der Waals surface area contributed by atoms with Crippen molar-refractivity contribution < 1.29 is 14.8 Å². The molecule has 0 aromatic rings. The van der Waals surface area contributed by atoms with Crippen molar-refractivity contribution in [3.05, 3.63) is 20.5 Å². The first-order valence-corrected chi connectivity index (χ1v) is 7.99. The van der Waals surface area contributed by atoms with E-state index in [0.29, 0.717) is 5.75 Å². The monoisotopic (exact) mass is 348 g/mol. The molecule has 0 aliphatic carbocycles. The maximum atomic E-state index is 12.3. The van der Waals surface area contributed by atoms with Crippen LogP contribution in [0.5, 0.6) is 0 Å². The van der Waals surface area contributed by atoms with E-state index in [9.17, 15) is 20.5 Å². The molecule has 0 fully saturated rings. The van der Waals surface area contributed by atoms with Gasteiger partial charge in [-0.1, -0.05) is 18.7 Å². The lowest BCUT2D eigenvalue weighted by atomic mass is 10.1. The highest BCUT2D eigenvalue weighted by Crippen LogP contribution is 2.17. The number of nitro groups is 1. The minimum Gasteiger partial charge on any atom is -0.594 e. The van der Waals surface area contributed by atoms with Crippen LogP contribution in [0.2, 0.25) is 0 Å². The molecule has 0 radical (unpaired) electrons. The van der Waals surface area contributed by atoms with Gasteiger partial charge in [-0.05, 0) is 67.2 Å². The van der Waals surface area contributed by atoms with Crippen LogP contribution in [-0.2, 0) is 0 Å². The van der Waals surface area contributed by atoms with Gasteiger partial charge in [-0.15, -0.1) is 0 Å². The molecule has 0 rings (SSSR count). The highest BCUT2D eigenvalue weighted by atomic mass is 32.2. The van der Waals surface area contributed by atoms with Gasteiger partial charge in [-0.3, -0.25) is 0 Å². The number of hydroxylamine groups is 2. The first kappa shape index (κ1) is 21.2. The minimum absolute atomic E-state index is 0.132. The third-order valence-electron chi connectivity index (χ3n) is 1.91. The van der Waals surface area contributed by atoms with Gasteiger partial charge in [0.25, 0.3) is 5.04 Å². The van der Waals surface area contributed by atoms with E-state index in [0.717, 1.165) is 11.8 Å². The highest BCUT2D eigenvalue weighted by Gasteiger charge is 2.40. The first-order chi connectivity index (χ1) is 10.3. The Hall–Kier alpha value is -1.78. The number of azo groups is 2. The lowest BCUT2D eigenvalue weighted by molar-refractivity contribution is -0.764. The van der Waals surface area contributed by atoms with Crippen molar-refractivity contribution >= 4 is 16.8 Å². The van der Waals surface area contributed by atoms with E-state index in [2.05, 4.69) is 15.3 Å². The van der Waals surface area contributed by atoms with Gasteiger partial charge in [0.05, 0.1) is 5.10 Å². The molecule has 11 heteroatoms. The largest absolute Gasteiger partial charge is 0.594 e. The SMILES string of the molecule is CCSC(=N[N+](=O)[O-])C([N+]([O-])=NC(C)(C)C)[N+]([O-])=NC(C)(C)C. The summed E-state index contributed by atoms with van der Waals surface area (Å²) in [6.07, 6.45) is -1.64. The van der Waals surface area contributed by atoms with Gasteiger partial charge in [-0.25, -0.2) is 10.1 Å². The fraction of sp³-hybridized carbons (Fsp3) is 0.917. The maximum Gasteiger partial charge on any atom is 0.464 e. The van der Waals surface area contributed by atoms with Crippen LogP contribution in [0.15, 0.2) is 15.3 Å². The molecule has 0 saturated heterocycles. The summed E-state index contributed by atoms with van der Waals surface area (Å²) in [5.41, 5.74) is -1.53. The molecule has 0 heterocycles. The molecule has 10 nitrogen and oxygen atoms in total. The molecule has 0 aliphatic heterocycles. The van der Waals surface area contributed by atoms with E-state index < -0.39 is 22.3 Å². The lowest BCUT2D eigenvalue weighted by Crippen LogP contribution is -2.40. The standard InChI is InChI=1S/C12H24N6O4S/c1-8-23-9(13-18(21)22)10(16(19)14-11(2,3)4)17(20)15-12(5,6)7/h10H,8H2,1-7H3. The molecule has 0 saturated carbocycles. The van der Waals surface area contributed by atoms with Crippen molar-refractivity contribution in [1.29, 1.82) is 0 Å². The Labute approximate surface area is 139 Å². The lowest BCUT2D eigenvalue weighted by Gasteiger charge is -2.17. The third kappa shape index (κ3) is 9.06. The number of hydrazone groups is 1. The molecule has 0 aliphatic rings. The quantitative estimate of drug-likeness (QED) is 0.143. The van der Waals surface area contributed by atoms with E-state index in [1.807, 2.05) is 0 Å². The Bertz CT molecular complexity index is 489. The summed E-state index contributed by atoms with van der Waals surface area (Å²) >= 11 is 0.926. The second kappa shape index (κ2) is 8.18. The normalized spacial score (nSPS) is 16.4. The summed E-state index contributed by atoms with van der Waals surface area (Å²) in [7, 11) is 0. The molecular formula is C12H24N6O4S. The molecule has 0 atom stereocenters. The predicted octanol–water partition coefficient (Wildman–Crippen LogP) is 3.18. The number of thioether (sulfide) groups is 1. The zero-order valence-corrected chi connectivity index (χ0v) is 15.3. The molecule has 0 unspecified atom stereocenters. The van der Waals surface area contributed by atoms with Gasteiger partial charge in [0, 0.05) is 0 Å². The van der Waals surface area contributed by atoms with Gasteiger partial charge in [0.2, 0.25) is 0 Å². The second-order valence-corrected chi connectivity index (χ2v) is 7.91. The van der Waals surface area contributed by atoms with Crippen molar-refractivity contribution in [1.82, 2.24) is 0 Å². The fourth-order valence-electron chi connectivity index (χ4n) is 1.36. The van der Waals surface area contributed by atoms with Crippen molar-refractivity contribution in [3.8, 4) is 0 Å². The Morgan fingerprint density at radius 2 is 1.39 bits per heavy atom. The van der Waals surface area contributed by atoms with Gasteiger partial charge in [0.1, 0.15) is 11.1 Å². The van der Waals surface area contributed by atoms with Gasteiger partial charge >= 0.3 is 6.17 Å². The van der Waals surface area contributed by atoms with Crippen LogP contribution in [0.3, 0.4) is 0 Å². The van der Waals surface area contributed by atoms with Crippen LogP contribution < -0.4 is 0 Å². The van der Waals surface area contributed by atoms with Crippen molar-refractivity contribution in [2.45, 2.75) is 65.7 Å². The Morgan fingerprint density at radius 3 is 1.65 bits per heavy atom. The maximum absolute atomic E-state index is 12.3. The minimum atomic E-state index is -1.64. The molecule has 0 amide bonds. The zero-order valence-electron chi connectivity index (χ0n) is 14.5. The smallest absolute Gasteiger partial charge is 0.464 e. The van der Waals surface area contributed by atoms with Crippen LogP contribution in [0.25, 0.3) is 0 Å². The van der Waals surface area contributed by atoms with Gasteiger partial charge in [-0.2, -0.15) is 0 Å². The van der Waals surface area contributed by atoms with Gasteiger partial charge < -0.3 is 10.4 Å². The summed E-state index contributed by atoms with van der Waals surface area (Å²) in [5, 5.41) is 45.0. The van der Waals surface area contributed by atoms with E-state index in [4.69, 9.17) is 0 Å². The van der Waals surface area contributed by atoms with E-state index in [-0.39, 0.29) is 14.8 Å². The van der Waals surface area contributed by atoms with Crippen LogP contribution in [-0.4, -0.2) is 42.8 Å². The summed E-state index contributed by atoms with van der Waals surface area (Å²) < 4.78 is 0. The highest BCUT2D eigenvalue weighted by molar-refractivity contribution is 8.14. The van der Waals surface area contributed by atoms with Crippen molar-refractivity contribution in [2.24, 2.45) is 15.3 Å². The summed E-state index contributed by atoms with van der Waals surface area (Å²) in [4.78, 5) is 11.0. The second-order valence-electron chi connectivity index (χ2n) is 6.63. The molecule has 0 N–H and O–H groups in total. The third-order valence-corrected chi connectivity index (χ3v) is 2.79. The molecule has 23 heavy (non-hydrogen) atoms. The number of hydrogen-bond acceptors (Lipinski definition) is 7. The van der Waals surface area contributed by atoms with Crippen LogP contribution in [0, 0.1) is 20.5 Å². The van der Waals surface area contributed by atoms with Gasteiger partial charge in [0.15, 0.2) is 5.03 Å². The van der Waals surface area contributed by atoms with E-state index in [1.54, 1.807) is 48.5 Å². The summed E-state index contributed by atoms with van der Waals surface area (Å²) in [6, 6.07) is 0. The van der Waals surface area contributed by atoms with Crippen LogP contribution in [0.1, 0.15) is 48.5 Å². The molecule has 0 bridgehead atoms. The topological polar surface area (TPSA) is 132 Å². The van der Waals surface area contributed by atoms with Crippen molar-refractivity contribution in [3.63, 3.8) is 0 Å². The van der Waals surface area contributed by atoms with E-state index in [1.165, 1.54) is 0 Å². The number of nitrogens with zero attached hydrogens (tertiary/aromatic N) is 6. The first-order valence-electron chi connectivity index (χ1n) is 7.01. The van der Waals surface area contributed by atoms with Crippen LogP contribution >= 0.6 is 11.8 Å².